The molecule has 3 fully saturated rings. The Morgan fingerprint density at radius 1 is 1.15 bits per heavy atom. The van der Waals surface area contributed by atoms with Crippen molar-refractivity contribution in [3.8, 4) is 0 Å². The predicted molar refractivity (Wildman–Crippen MR) is 117 cm³/mol. The van der Waals surface area contributed by atoms with Crippen molar-refractivity contribution in [2.45, 2.75) is 44.6 Å². The molecule has 0 aromatic heterocycles. The van der Waals surface area contributed by atoms with Crippen LogP contribution in [0.4, 0.5) is 0 Å². The van der Waals surface area contributed by atoms with Crippen molar-refractivity contribution in [3.05, 3.63) is 0 Å². The van der Waals surface area contributed by atoms with Crippen LogP contribution in [0.1, 0.15) is 38.5 Å². The van der Waals surface area contributed by atoms with Crippen molar-refractivity contribution in [2.24, 2.45) is 10.9 Å². The van der Waals surface area contributed by atoms with E-state index in [4.69, 9.17) is 9.47 Å². The molecule has 0 amide bonds. The number of aliphatic imine (C=N–C) groups is 1. The van der Waals surface area contributed by atoms with Crippen LogP contribution in [-0.4, -0.2) is 88.0 Å². The number of halogens is 1. The van der Waals surface area contributed by atoms with Gasteiger partial charge < -0.3 is 19.7 Å². The molecule has 3 aliphatic heterocycles. The fraction of sp³-hybridized carbons (Fsp3) is 0.947. The van der Waals surface area contributed by atoms with Crippen molar-refractivity contribution in [1.82, 2.24) is 15.1 Å². The maximum atomic E-state index is 5.84. The Balaban J connectivity index is 0.00000243. The quantitative estimate of drug-likeness (QED) is 0.262. The third-order valence-corrected chi connectivity index (χ3v) is 5.77. The van der Waals surface area contributed by atoms with E-state index < -0.39 is 0 Å². The molecule has 0 spiro atoms. The van der Waals surface area contributed by atoms with E-state index in [0.29, 0.717) is 5.92 Å². The van der Waals surface area contributed by atoms with E-state index in [1.54, 1.807) is 0 Å². The summed E-state index contributed by atoms with van der Waals surface area (Å²) >= 11 is 0. The van der Waals surface area contributed by atoms with E-state index in [-0.39, 0.29) is 24.0 Å². The van der Waals surface area contributed by atoms with Crippen LogP contribution in [0.3, 0.4) is 0 Å². The van der Waals surface area contributed by atoms with Gasteiger partial charge in [0.05, 0.1) is 0 Å². The van der Waals surface area contributed by atoms with Gasteiger partial charge in [-0.15, -0.1) is 24.0 Å². The van der Waals surface area contributed by atoms with Gasteiger partial charge in [-0.05, 0) is 57.5 Å². The van der Waals surface area contributed by atoms with Crippen molar-refractivity contribution in [3.63, 3.8) is 0 Å². The first-order valence-corrected chi connectivity index (χ1v) is 10.2. The molecule has 3 rings (SSSR count). The van der Waals surface area contributed by atoms with E-state index in [1.807, 2.05) is 7.05 Å². The van der Waals surface area contributed by atoms with Gasteiger partial charge in [0.2, 0.25) is 0 Å². The minimum atomic E-state index is 0. The second-order valence-electron chi connectivity index (χ2n) is 7.59. The lowest BCUT2D eigenvalue weighted by molar-refractivity contribution is 0.0203. The number of ether oxygens (including phenoxy) is 2. The SMILES string of the molecule is CN=C(NCCCOCC1CCOCC1)N1CCC(N2CCCC2)C1.I. The van der Waals surface area contributed by atoms with Crippen LogP contribution in [0.2, 0.25) is 0 Å². The molecule has 0 aromatic rings. The topological polar surface area (TPSA) is 49.3 Å². The Morgan fingerprint density at radius 3 is 2.65 bits per heavy atom. The summed E-state index contributed by atoms with van der Waals surface area (Å²) < 4.78 is 11.2. The Kier molecular flexibility index (Phi) is 10.5. The van der Waals surface area contributed by atoms with Gasteiger partial charge >= 0.3 is 0 Å². The number of likely N-dealkylation sites (tertiary alicyclic amines) is 2. The molecule has 0 aromatic carbocycles. The fourth-order valence-electron chi connectivity index (χ4n) is 4.21. The van der Waals surface area contributed by atoms with Crippen LogP contribution in [0.25, 0.3) is 0 Å². The predicted octanol–water partition coefficient (Wildman–Crippen LogP) is 2.18. The van der Waals surface area contributed by atoms with Gasteiger partial charge in [-0.25, -0.2) is 0 Å². The normalized spacial score (nSPS) is 25.5. The zero-order valence-corrected chi connectivity index (χ0v) is 18.7. The zero-order valence-electron chi connectivity index (χ0n) is 16.3. The highest BCUT2D eigenvalue weighted by atomic mass is 127. The molecular weight excluding hydrogens is 443 g/mol. The second kappa shape index (κ2) is 12.4. The molecule has 0 aliphatic carbocycles. The minimum Gasteiger partial charge on any atom is -0.381 e. The van der Waals surface area contributed by atoms with E-state index >= 15 is 0 Å². The molecule has 0 radical (unpaired) electrons. The molecule has 7 heteroatoms. The Bertz CT molecular complexity index is 412. The molecule has 0 saturated carbocycles. The summed E-state index contributed by atoms with van der Waals surface area (Å²) in [5, 5.41) is 3.52. The van der Waals surface area contributed by atoms with E-state index in [9.17, 15) is 0 Å². The summed E-state index contributed by atoms with van der Waals surface area (Å²) in [6.45, 7) is 9.29. The van der Waals surface area contributed by atoms with Gasteiger partial charge in [-0.1, -0.05) is 0 Å². The fourth-order valence-corrected chi connectivity index (χ4v) is 4.21. The van der Waals surface area contributed by atoms with Crippen LogP contribution in [0, 0.1) is 5.92 Å². The highest BCUT2D eigenvalue weighted by molar-refractivity contribution is 14.0. The molecule has 3 saturated heterocycles. The molecule has 3 aliphatic rings. The number of rotatable bonds is 7. The second-order valence-corrected chi connectivity index (χ2v) is 7.59. The van der Waals surface area contributed by atoms with Crippen LogP contribution in [0.15, 0.2) is 4.99 Å². The van der Waals surface area contributed by atoms with Crippen LogP contribution < -0.4 is 5.32 Å². The maximum Gasteiger partial charge on any atom is 0.193 e. The summed E-state index contributed by atoms with van der Waals surface area (Å²) in [6.07, 6.45) is 7.35. The molecule has 1 N–H and O–H groups in total. The third-order valence-electron chi connectivity index (χ3n) is 5.77. The monoisotopic (exact) mass is 480 g/mol. The van der Waals surface area contributed by atoms with Crippen LogP contribution >= 0.6 is 24.0 Å². The lowest BCUT2D eigenvalue weighted by Gasteiger charge is -2.25. The molecule has 0 bridgehead atoms. The van der Waals surface area contributed by atoms with E-state index in [2.05, 4.69) is 20.1 Å². The first-order valence-electron chi connectivity index (χ1n) is 10.2. The molecule has 26 heavy (non-hydrogen) atoms. The van der Waals surface area contributed by atoms with Crippen molar-refractivity contribution >= 4 is 29.9 Å². The van der Waals surface area contributed by atoms with Crippen molar-refractivity contribution in [2.75, 3.05) is 66.2 Å². The summed E-state index contributed by atoms with van der Waals surface area (Å²) in [7, 11) is 1.90. The molecule has 3 heterocycles. The standard InChI is InChI=1S/C19H36N4O2.HI/c1-20-19(23-11-5-18(15-23)22-9-2-3-10-22)21-8-4-12-25-16-17-6-13-24-14-7-17;/h17-18H,2-16H2,1H3,(H,20,21);1H. The van der Waals surface area contributed by atoms with Gasteiger partial charge in [0.1, 0.15) is 0 Å². The Hall–Kier alpha value is -0.120. The van der Waals surface area contributed by atoms with Gasteiger partial charge in [-0.3, -0.25) is 9.89 Å². The van der Waals surface area contributed by atoms with Crippen LogP contribution in [-0.2, 0) is 9.47 Å². The largest absolute Gasteiger partial charge is 0.381 e. The Morgan fingerprint density at radius 2 is 1.92 bits per heavy atom. The van der Waals surface area contributed by atoms with E-state index in [1.165, 1.54) is 32.4 Å². The summed E-state index contributed by atoms with van der Waals surface area (Å²) in [4.78, 5) is 9.57. The summed E-state index contributed by atoms with van der Waals surface area (Å²) in [5.41, 5.74) is 0. The average Bonchev–Trinajstić information content (AvgIpc) is 3.33. The maximum absolute atomic E-state index is 5.84. The van der Waals surface area contributed by atoms with Crippen molar-refractivity contribution < 1.29 is 9.47 Å². The number of guanidine groups is 1. The molecule has 1 unspecified atom stereocenters. The molecule has 152 valence electrons. The Labute approximate surface area is 176 Å². The van der Waals surface area contributed by atoms with Gasteiger partial charge in [0.15, 0.2) is 5.96 Å². The minimum absolute atomic E-state index is 0. The lowest BCUT2D eigenvalue weighted by atomic mass is 10.0. The number of nitrogens with one attached hydrogen (secondary N) is 1. The van der Waals surface area contributed by atoms with E-state index in [0.717, 1.165) is 77.3 Å². The lowest BCUT2D eigenvalue weighted by Crippen LogP contribution is -2.43. The molecular formula is C19H37IN4O2. The zero-order chi connectivity index (χ0) is 17.3. The number of nitrogens with zero attached hydrogens (tertiary/aromatic N) is 3. The molecule has 1 atom stereocenters. The van der Waals surface area contributed by atoms with Gasteiger partial charge in [0, 0.05) is 59.2 Å². The smallest absolute Gasteiger partial charge is 0.193 e. The third kappa shape index (κ3) is 6.80. The summed E-state index contributed by atoms with van der Waals surface area (Å²) in [6, 6.07) is 0.726. The van der Waals surface area contributed by atoms with Gasteiger partial charge in [0.25, 0.3) is 0 Å². The first-order chi connectivity index (χ1) is 12.4. The highest BCUT2D eigenvalue weighted by Crippen LogP contribution is 2.20. The first kappa shape index (κ1) is 22.2. The highest BCUT2D eigenvalue weighted by Gasteiger charge is 2.30. The van der Waals surface area contributed by atoms with Crippen molar-refractivity contribution in [1.29, 1.82) is 0 Å². The van der Waals surface area contributed by atoms with Crippen LogP contribution in [0.5, 0.6) is 0 Å². The summed E-state index contributed by atoms with van der Waals surface area (Å²) in [5.74, 6) is 1.76. The number of hydrogen-bond acceptors (Lipinski definition) is 4. The number of hydrogen-bond donors (Lipinski definition) is 1. The van der Waals surface area contributed by atoms with Gasteiger partial charge in [-0.2, -0.15) is 0 Å². The average molecular weight is 480 g/mol. The molecule has 6 nitrogen and oxygen atoms in total.